The second kappa shape index (κ2) is 5.66. The van der Waals surface area contributed by atoms with Crippen LogP contribution < -0.4 is 4.90 Å². The number of nitro groups is 1. The van der Waals surface area contributed by atoms with Crippen LogP contribution in [0.3, 0.4) is 0 Å². The van der Waals surface area contributed by atoms with Crippen LogP contribution in [0.1, 0.15) is 10.4 Å². The molecular weight excluding hydrogens is 252 g/mol. The number of carbonyl (C=O) groups is 1. The molecule has 1 heterocycles. The SMILES string of the molecule is COC(=O)c1cc([N+](=O)[O-])ccc1N1CCOCC1. The summed E-state index contributed by atoms with van der Waals surface area (Å²) in [5.74, 6) is -0.579. The fourth-order valence-corrected chi connectivity index (χ4v) is 1.99. The minimum absolute atomic E-state index is 0.127. The van der Waals surface area contributed by atoms with Gasteiger partial charge in [-0.2, -0.15) is 0 Å². The maximum absolute atomic E-state index is 11.7. The number of hydrogen-bond donors (Lipinski definition) is 0. The summed E-state index contributed by atoms with van der Waals surface area (Å²) < 4.78 is 9.93. The molecule has 0 saturated carbocycles. The first-order valence-corrected chi connectivity index (χ1v) is 5.83. The molecule has 0 amide bonds. The Balaban J connectivity index is 2.40. The van der Waals surface area contributed by atoms with Gasteiger partial charge in [0.25, 0.3) is 5.69 Å². The number of non-ortho nitro benzene ring substituents is 1. The number of rotatable bonds is 3. The number of benzene rings is 1. The van der Waals surface area contributed by atoms with E-state index < -0.39 is 10.9 Å². The monoisotopic (exact) mass is 266 g/mol. The van der Waals surface area contributed by atoms with Gasteiger partial charge in [-0.15, -0.1) is 0 Å². The number of nitro benzene ring substituents is 1. The second-order valence-corrected chi connectivity index (χ2v) is 4.05. The number of methoxy groups -OCH3 is 1. The number of nitrogens with zero attached hydrogens (tertiary/aromatic N) is 2. The number of esters is 1. The molecule has 1 aromatic rings. The molecule has 0 aliphatic carbocycles. The van der Waals surface area contributed by atoms with Gasteiger partial charge in [0, 0.05) is 25.2 Å². The maximum Gasteiger partial charge on any atom is 0.340 e. The molecule has 102 valence electrons. The Morgan fingerprint density at radius 1 is 1.42 bits per heavy atom. The van der Waals surface area contributed by atoms with E-state index in [2.05, 4.69) is 4.74 Å². The number of ether oxygens (including phenoxy) is 2. The third kappa shape index (κ3) is 2.82. The molecule has 7 nitrogen and oxygen atoms in total. The average molecular weight is 266 g/mol. The molecule has 0 radical (unpaired) electrons. The maximum atomic E-state index is 11.7. The van der Waals surface area contributed by atoms with Gasteiger partial charge < -0.3 is 14.4 Å². The van der Waals surface area contributed by atoms with Crippen LogP contribution in [0.4, 0.5) is 11.4 Å². The van der Waals surface area contributed by atoms with Crippen molar-refractivity contribution in [3.63, 3.8) is 0 Å². The molecule has 2 rings (SSSR count). The zero-order valence-electron chi connectivity index (χ0n) is 10.5. The standard InChI is InChI=1S/C12H14N2O5/c1-18-12(15)10-8-9(14(16)17)2-3-11(10)13-4-6-19-7-5-13/h2-3,8H,4-7H2,1H3. The van der Waals surface area contributed by atoms with E-state index in [1.54, 1.807) is 6.07 Å². The molecule has 0 atom stereocenters. The molecule has 1 saturated heterocycles. The van der Waals surface area contributed by atoms with Crippen LogP contribution in [-0.2, 0) is 9.47 Å². The smallest absolute Gasteiger partial charge is 0.340 e. The van der Waals surface area contributed by atoms with E-state index >= 15 is 0 Å². The first-order chi connectivity index (χ1) is 9.13. The summed E-state index contributed by atoms with van der Waals surface area (Å²) >= 11 is 0. The molecule has 1 aromatic carbocycles. The normalized spacial score (nSPS) is 15.1. The Bertz CT molecular complexity index is 497. The molecule has 7 heteroatoms. The average Bonchev–Trinajstić information content (AvgIpc) is 2.46. The van der Waals surface area contributed by atoms with Crippen molar-refractivity contribution in [3.05, 3.63) is 33.9 Å². The third-order valence-electron chi connectivity index (χ3n) is 2.95. The molecule has 1 fully saturated rings. The van der Waals surface area contributed by atoms with Gasteiger partial charge in [-0.05, 0) is 6.07 Å². The summed E-state index contributed by atoms with van der Waals surface area (Å²) in [5, 5.41) is 10.8. The quantitative estimate of drug-likeness (QED) is 0.464. The van der Waals surface area contributed by atoms with Gasteiger partial charge in [0.05, 0.1) is 36.5 Å². The van der Waals surface area contributed by atoms with Gasteiger partial charge in [0.1, 0.15) is 0 Å². The van der Waals surface area contributed by atoms with Crippen LogP contribution in [0.2, 0.25) is 0 Å². The molecule has 1 aliphatic heterocycles. The number of carbonyl (C=O) groups excluding carboxylic acids is 1. The van der Waals surface area contributed by atoms with Gasteiger partial charge in [-0.3, -0.25) is 10.1 Å². The van der Waals surface area contributed by atoms with E-state index in [0.717, 1.165) is 0 Å². The van der Waals surface area contributed by atoms with Gasteiger partial charge in [0.15, 0.2) is 0 Å². The molecule has 0 N–H and O–H groups in total. The number of morpholine rings is 1. The first kappa shape index (κ1) is 13.3. The molecule has 0 unspecified atom stereocenters. The minimum atomic E-state index is -0.579. The highest BCUT2D eigenvalue weighted by Crippen LogP contribution is 2.26. The lowest BCUT2D eigenvalue weighted by Crippen LogP contribution is -2.37. The molecule has 0 bridgehead atoms. The fourth-order valence-electron chi connectivity index (χ4n) is 1.99. The first-order valence-electron chi connectivity index (χ1n) is 5.83. The van der Waals surface area contributed by atoms with Gasteiger partial charge in [-0.25, -0.2) is 4.79 Å². The summed E-state index contributed by atoms with van der Waals surface area (Å²) in [6.07, 6.45) is 0. The summed E-state index contributed by atoms with van der Waals surface area (Å²) in [6.45, 7) is 2.42. The molecular formula is C12H14N2O5. The Morgan fingerprint density at radius 3 is 2.68 bits per heavy atom. The van der Waals surface area contributed by atoms with Crippen molar-refractivity contribution in [2.75, 3.05) is 38.3 Å². The number of anilines is 1. The van der Waals surface area contributed by atoms with Crippen molar-refractivity contribution < 1.29 is 19.2 Å². The van der Waals surface area contributed by atoms with Crippen molar-refractivity contribution in [1.29, 1.82) is 0 Å². The highest BCUT2D eigenvalue weighted by molar-refractivity contribution is 5.96. The zero-order valence-corrected chi connectivity index (χ0v) is 10.5. The summed E-state index contributed by atoms with van der Waals surface area (Å²) in [5.41, 5.74) is 0.719. The lowest BCUT2D eigenvalue weighted by molar-refractivity contribution is -0.384. The zero-order chi connectivity index (χ0) is 13.8. The second-order valence-electron chi connectivity index (χ2n) is 4.05. The summed E-state index contributed by atoms with van der Waals surface area (Å²) in [6, 6.07) is 4.21. The van der Waals surface area contributed by atoms with Crippen LogP contribution in [0, 0.1) is 10.1 Å². The largest absolute Gasteiger partial charge is 0.465 e. The van der Waals surface area contributed by atoms with Gasteiger partial charge >= 0.3 is 5.97 Å². The van der Waals surface area contributed by atoms with Crippen LogP contribution in [0.25, 0.3) is 0 Å². The summed E-state index contributed by atoms with van der Waals surface area (Å²) in [4.78, 5) is 23.9. The summed E-state index contributed by atoms with van der Waals surface area (Å²) in [7, 11) is 1.25. The minimum Gasteiger partial charge on any atom is -0.465 e. The molecule has 0 spiro atoms. The highest BCUT2D eigenvalue weighted by atomic mass is 16.6. The van der Waals surface area contributed by atoms with E-state index in [4.69, 9.17) is 4.74 Å². The van der Waals surface area contributed by atoms with Crippen molar-refractivity contribution in [1.82, 2.24) is 0 Å². The predicted molar refractivity (Wildman–Crippen MR) is 67.5 cm³/mol. The van der Waals surface area contributed by atoms with Crippen LogP contribution in [-0.4, -0.2) is 44.3 Å². The fraction of sp³-hybridized carbons (Fsp3) is 0.417. The molecule has 19 heavy (non-hydrogen) atoms. The van der Waals surface area contributed by atoms with Gasteiger partial charge in [-0.1, -0.05) is 0 Å². The lowest BCUT2D eigenvalue weighted by atomic mass is 10.1. The van der Waals surface area contributed by atoms with Crippen LogP contribution in [0.5, 0.6) is 0 Å². The predicted octanol–water partition coefficient (Wildman–Crippen LogP) is 1.22. The van der Waals surface area contributed by atoms with Crippen LogP contribution in [0.15, 0.2) is 18.2 Å². The van der Waals surface area contributed by atoms with E-state index in [0.29, 0.717) is 32.0 Å². The Labute approximate surface area is 109 Å². The molecule has 0 aromatic heterocycles. The lowest BCUT2D eigenvalue weighted by Gasteiger charge is -2.29. The van der Waals surface area contributed by atoms with E-state index in [1.165, 1.54) is 19.2 Å². The van der Waals surface area contributed by atoms with Crippen LogP contribution >= 0.6 is 0 Å². The highest BCUT2D eigenvalue weighted by Gasteiger charge is 2.22. The van der Waals surface area contributed by atoms with Crippen molar-refractivity contribution in [2.24, 2.45) is 0 Å². The van der Waals surface area contributed by atoms with Crippen molar-refractivity contribution in [3.8, 4) is 0 Å². The van der Waals surface area contributed by atoms with E-state index in [9.17, 15) is 14.9 Å². The molecule has 1 aliphatic rings. The Hall–Kier alpha value is -2.15. The van der Waals surface area contributed by atoms with E-state index in [1.807, 2.05) is 4.90 Å². The topological polar surface area (TPSA) is 81.9 Å². The van der Waals surface area contributed by atoms with Gasteiger partial charge in [0.2, 0.25) is 0 Å². The Kier molecular flexibility index (Phi) is 3.96. The third-order valence-corrected chi connectivity index (χ3v) is 2.95. The van der Waals surface area contributed by atoms with Crippen molar-refractivity contribution >= 4 is 17.3 Å². The van der Waals surface area contributed by atoms with Crippen molar-refractivity contribution in [2.45, 2.75) is 0 Å². The van der Waals surface area contributed by atoms with E-state index in [-0.39, 0.29) is 11.3 Å². The number of hydrogen-bond acceptors (Lipinski definition) is 6. The Morgan fingerprint density at radius 2 is 2.11 bits per heavy atom.